The summed E-state index contributed by atoms with van der Waals surface area (Å²) in [4.78, 5) is 24.9. The number of carbonyl (C=O) groups excluding carboxylic acids is 1. The highest BCUT2D eigenvalue weighted by molar-refractivity contribution is 5.94. The molecule has 4 heteroatoms. The largest absolute Gasteiger partial charge is 0.349 e. The van der Waals surface area contributed by atoms with Gasteiger partial charge in [0.25, 0.3) is 5.91 Å². The normalized spacial score (nSPS) is 22.1. The Kier molecular flexibility index (Phi) is 2.14. The molecule has 2 rings (SSSR count). The summed E-state index contributed by atoms with van der Waals surface area (Å²) in [5.41, 5.74) is 0.522. The van der Waals surface area contributed by atoms with E-state index in [-0.39, 0.29) is 22.9 Å². The molecule has 0 radical (unpaired) electrons. The molecule has 1 aromatic heterocycles. The van der Waals surface area contributed by atoms with Crippen molar-refractivity contribution in [1.29, 1.82) is 0 Å². The highest BCUT2D eigenvalue weighted by Gasteiger charge is 2.46. The molecule has 0 bridgehead atoms. The van der Waals surface area contributed by atoms with Crippen LogP contribution in [0.3, 0.4) is 0 Å². The van der Waals surface area contributed by atoms with Crippen LogP contribution in [0.5, 0.6) is 0 Å². The molecule has 1 amide bonds. The lowest BCUT2D eigenvalue weighted by atomic mass is 10.2. The van der Waals surface area contributed by atoms with Crippen LogP contribution in [-0.4, -0.2) is 16.9 Å². The van der Waals surface area contributed by atoms with Crippen LogP contribution in [0, 0.1) is 5.41 Å². The fraction of sp³-hybridized carbons (Fsp3) is 0.455. The van der Waals surface area contributed by atoms with Gasteiger partial charge in [0.1, 0.15) is 0 Å². The van der Waals surface area contributed by atoms with E-state index in [4.69, 9.17) is 0 Å². The SMILES string of the molecule is CC1(C)CC1NC(=O)c1ccc(=O)[nH]c1. The van der Waals surface area contributed by atoms with Gasteiger partial charge in [0.05, 0.1) is 5.56 Å². The summed E-state index contributed by atoms with van der Waals surface area (Å²) in [6, 6.07) is 3.15. The molecular formula is C11H14N2O2. The van der Waals surface area contributed by atoms with E-state index in [1.807, 2.05) is 0 Å². The number of rotatable bonds is 2. The number of amides is 1. The quantitative estimate of drug-likeness (QED) is 0.755. The van der Waals surface area contributed by atoms with Crippen LogP contribution in [0.4, 0.5) is 0 Å². The Hall–Kier alpha value is -1.58. The molecule has 1 heterocycles. The number of nitrogens with one attached hydrogen (secondary N) is 2. The van der Waals surface area contributed by atoms with Crippen molar-refractivity contribution in [2.75, 3.05) is 0 Å². The number of aromatic nitrogens is 1. The van der Waals surface area contributed by atoms with Gasteiger partial charge in [-0.25, -0.2) is 0 Å². The van der Waals surface area contributed by atoms with Crippen LogP contribution in [0.15, 0.2) is 23.1 Å². The second kappa shape index (κ2) is 3.22. The van der Waals surface area contributed by atoms with Gasteiger partial charge in [-0.05, 0) is 17.9 Å². The Labute approximate surface area is 87.7 Å². The zero-order chi connectivity index (χ0) is 11.1. The Balaban J connectivity index is 2.03. The standard InChI is InChI=1S/C11H14N2O2/c1-11(2)5-8(11)13-10(15)7-3-4-9(14)12-6-7/h3-4,6,8H,5H2,1-2H3,(H,12,14)(H,13,15). The lowest BCUT2D eigenvalue weighted by Crippen LogP contribution is -2.28. The van der Waals surface area contributed by atoms with Gasteiger partial charge < -0.3 is 10.3 Å². The van der Waals surface area contributed by atoms with Crippen molar-refractivity contribution in [3.05, 3.63) is 34.2 Å². The fourth-order valence-electron chi connectivity index (χ4n) is 1.51. The molecule has 0 spiro atoms. The molecule has 1 aliphatic rings. The van der Waals surface area contributed by atoms with E-state index in [1.165, 1.54) is 18.3 Å². The Morgan fingerprint density at radius 2 is 2.20 bits per heavy atom. The highest BCUT2D eigenvalue weighted by atomic mass is 16.2. The summed E-state index contributed by atoms with van der Waals surface area (Å²) < 4.78 is 0. The number of aromatic amines is 1. The first kappa shape index (κ1) is 9.96. The van der Waals surface area contributed by atoms with Gasteiger partial charge in [-0.15, -0.1) is 0 Å². The van der Waals surface area contributed by atoms with E-state index in [0.29, 0.717) is 5.56 Å². The number of hydrogen-bond donors (Lipinski definition) is 2. The lowest BCUT2D eigenvalue weighted by Gasteiger charge is -2.06. The maximum atomic E-state index is 11.7. The molecule has 1 atom stereocenters. The van der Waals surface area contributed by atoms with Crippen LogP contribution in [-0.2, 0) is 0 Å². The van der Waals surface area contributed by atoms with Crippen molar-refractivity contribution in [3.63, 3.8) is 0 Å². The number of hydrogen-bond acceptors (Lipinski definition) is 2. The Morgan fingerprint density at radius 3 is 2.67 bits per heavy atom. The molecule has 15 heavy (non-hydrogen) atoms. The molecule has 1 saturated carbocycles. The first-order valence-electron chi connectivity index (χ1n) is 4.99. The zero-order valence-electron chi connectivity index (χ0n) is 8.83. The van der Waals surface area contributed by atoms with E-state index in [2.05, 4.69) is 24.1 Å². The molecule has 80 valence electrons. The van der Waals surface area contributed by atoms with Crippen molar-refractivity contribution in [2.45, 2.75) is 26.3 Å². The molecule has 1 unspecified atom stereocenters. The summed E-state index contributed by atoms with van der Waals surface area (Å²) in [7, 11) is 0. The topological polar surface area (TPSA) is 62.0 Å². The molecular weight excluding hydrogens is 192 g/mol. The van der Waals surface area contributed by atoms with Gasteiger partial charge in [0.2, 0.25) is 5.56 Å². The van der Waals surface area contributed by atoms with E-state index < -0.39 is 0 Å². The van der Waals surface area contributed by atoms with Crippen LogP contribution >= 0.6 is 0 Å². The number of H-pyrrole nitrogens is 1. The minimum atomic E-state index is -0.196. The Bertz CT molecular complexity index is 428. The van der Waals surface area contributed by atoms with Gasteiger partial charge in [0, 0.05) is 18.3 Å². The van der Waals surface area contributed by atoms with Crippen molar-refractivity contribution >= 4 is 5.91 Å². The third-order valence-corrected chi connectivity index (χ3v) is 2.87. The molecule has 2 N–H and O–H groups in total. The van der Waals surface area contributed by atoms with Crippen molar-refractivity contribution < 1.29 is 4.79 Å². The molecule has 1 fully saturated rings. The van der Waals surface area contributed by atoms with Crippen LogP contribution < -0.4 is 10.9 Å². The average Bonchev–Trinajstić information content (AvgIpc) is 2.74. The second-order valence-corrected chi connectivity index (χ2v) is 4.66. The summed E-state index contributed by atoms with van der Waals surface area (Å²) in [5, 5.41) is 2.92. The Morgan fingerprint density at radius 1 is 1.53 bits per heavy atom. The number of pyridine rings is 1. The molecule has 0 aliphatic heterocycles. The summed E-state index contributed by atoms with van der Waals surface area (Å²) >= 11 is 0. The second-order valence-electron chi connectivity index (χ2n) is 4.66. The molecule has 1 aromatic rings. The van der Waals surface area contributed by atoms with E-state index in [9.17, 15) is 9.59 Å². The minimum absolute atomic E-state index is 0.123. The zero-order valence-corrected chi connectivity index (χ0v) is 8.83. The third-order valence-electron chi connectivity index (χ3n) is 2.87. The predicted octanol–water partition coefficient (Wildman–Crippen LogP) is 0.903. The van der Waals surface area contributed by atoms with Crippen molar-refractivity contribution in [2.24, 2.45) is 5.41 Å². The summed E-state index contributed by atoms with van der Waals surface area (Å²) in [5.74, 6) is -0.123. The summed E-state index contributed by atoms with van der Waals surface area (Å²) in [6.45, 7) is 4.23. The van der Waals surface area contributed by atoms with Gasteiger partial charge in [-0.1, -0.05) is 13.8 Å². The summed E-state index contributed by atoms with van der Waals surface area (Å²) in [6.07, 6.45) is 2.45. The maximum absolute atomic E-state index is 11.7. The number of carbonyl (C=O) groups is 1. The van der Waals surface area contributed by atoms with E-state index in [0.717, 1.165) is 6.42 Å². The van der Waals surface area contributed by atoms with Crippen LogP contribution in [0.1, 0.15) is 30.6 Å². The maximum Gasteiger partial charge on any atom is 0.252 e. The third kappa shape index (κ3) is 2.09. The molecule has 0 saturated heterocycles. The molecule has 0 aromatic carbocycles. The van der Waals surface area contributed by atoms with E-state index in [1.54, 1.807) is 0 Å². The van der Waals surface area contributed by atoms with Crippen molar-refractivity contribution in [3.8, 4) is 0 Å². The lowest BCUT2D eigenvalue weighted by molar-refractivity contribution is 0.0946. The molecule has 4 nitrogen and oxygen atoms in total. The van der Waals surface area contributed by atoms with E-state index >= 15 is 0 Å². The average molecular weight is 206 g/mol. The first-order valence-corrected chi connectivity index (χ1v) is 4.99. The van der Waals surface area contributed by atoms with Gasteiger partial charge >= 0.3 is 0 Å². The minimum Gasteiger partial charge on any atom is -0.349 e. The first-order chi connectivity index (χ1) is 6.99. The monoisotopic (exact) mass is 206 g/mol. The van der Waals surface area contributed by atoms with Crippen molar-refractivity contribution in [1.82, 2.24) is 10.3 Å². The fourth-order valence-corrected chi connectivity index (χ4v) is 1.51. The van der Waals surface area contributed by atoms with Gasteiger partial charge in [-0.3, -0.25) is 9.59 Å². The molecule has 1 aliphatic carbocycles. The van der Waals surface area contributed by atoms with Gasteiger partial charge in [0.15, 0.2) is 0 Å². The highest BCUT2D eigenvalue weighted by Crippen LogP contribution is 2.44. The van der Waals surface area contributed by atoms with Gasteiger partial charge in [-0.2, -0.15) is 0 Å². The smallest absolute Gasteiger partial charge is 0.252 e. The van der Waals surface area contributed by atoms with Crippen LogP contribution in [0.25, 0.3) is 0 Å². The van der Waals surface area contributed by atoms with Crippen LogP contribution in [0.2, 0.25) is 0 Å². The predicted molar refractivity (Wildman–Crippen MR) is 56.7 cm³/mol.